The van der Waals surface area contributed by atoms with Crippen molar-refractivity contribution >= 4 is 16.1 Å². The molecule has 0 heterocycles. The summed E-state index contributed by atoms with van der Waals surface area (Å²) in [6.07, 6.45) is 26.3. The van der Waals surface area contributed by atoms with Crippen molar-refractivity contribution in [3.05, 3.63) is 191 Å². The van der Waals surface area contributed by atoms with Gasteiger partial charge in [-0.05, 0) is 205 Å². The molecular formula is C92H134O10Si2. The van der Waals surface area contributed by atoms with E-state index in [9.17, 15) is 0 Å². The monoisotopic (exact) mass is 1450 g/mol. The van der Waals surface area contributed by atoms with Gasteiger partial charge in [-0.15, -0.1) is 0 Å². The van der Waals surface area contributed by atoms with Crippen molar-refractivity contribution in [3.63, 3.8) is 0 Å². The summed E-state index contributed by atoms with van der Waals surface area (Å²) < 4.78 is 62.4. The van der Waals surface area contributed by atoms with E-state index in [1.807, 2.05) is 36.4 Å². The quantitative estimate of drug-likeness (QED) is 0.0271. The summed E-state index contributed by atoms with van der Waals surface area (Å²) in [4.78, 5) is 0. The number of hydrogen-bond acceptors (Lipinski definition) is 10. The highest BCUT2D eigenvalue weighted by Gasteiger charge is 2.17. The van der Waals surface area contributed by atoms with Crippen LogP contribution >= 0.6 is 0 Å². The van der Waals surface area contributed by atoms with E-state index in [1.165, 1.54) is 123 Å². The standard InChI is InChI=1S/C92H134O10Si2/c1-91(2,3)79-39-47-83(48-40-79)97-63-31-65-101-89-71-77(69-87(73-89)99-59-27-23-19-15-13-17-21-25-57-93-81-43-35-75(36-44-81)55-67-103(7,8)9)33-29-61-95-85-51-53-86(54-52-85)96-62-30-34-78-70-88(74-90(72-78)102-66-32-64-98-84-49-41-80(42-50-84)92(4,5)6)100-60-28-24-20-16-14-18-22-26-58-94-82-45-37-76(38-46-82)56-68-104(10,11)12/h35-54,69-74H,13-34,55-68H2,1-12H3. The highest BCUT2D eigenvalue weighted by Crippen LogP contribution is 2.31. The maximum Gasteiger partial charge on any atom is 0.123 e. The molecule has 104 heavy (non-hydrogen) atoms. The van der Waals surface area contributed by atoms with Gasteiger partial charge in [0.15, 0.2) is 0 Å². The molecule has 0 aromatic heterocycles. The second kappa shape index (κ2) is 46.1. The van der Waals surface area contributed by atoms with E-state index in [-0.39, 0.29) is 10.8 Å². The van der Waals surface area contributed by atoms with Crippen molar-refractivity contribution in [2.75, 3.05) is 66.1 Å². The number of ether oxygens (including phenoxy) is 10. The molecule has 0 unspecified atom stereocenters. The van der Waals surface area contributed by atoms with E-state index >= 15 is 0 Å². The van der Waals surface area contributed by atoms with E-state index in [2.05, 4.69) is 202 Å². The Balaban J connectivity index is 0.796. The lowest BCUT2D eigenvalue weighted by atomic mass is 9.87. The van der Waals surface area contributed by atoms with Crippen molar-refractivity contribution in [1.82, 2.24) is 0 Å². The molecule has 0 aliphatic carbocycles. The van der Waals surface area contributed by atoms with E-state index in [4.69, 9.17) is 47.4 Å². The molecule has 0 aliphatic heterocycles. The molecule has 0 fully saturated rings. The first-order chi connectivity index (χ1) is 50.1. The van der Waals surface area contributed by atoms with E-state index in [0.717, 1.165) is 148 Å². The topological polar surface area (TPSA) is 92.3 Å². The van der Waals surface area contributed by atoms with Gasteiger partial charge in [-0.3, -0.25) is 0 Å². The SMILES string of the molecule is CC(C)(C)c1ccc(OCCCOc2cc(CCCOc3ccc(OCCCc4cc(OCCCCCCCCCCOc5ccc(CC[Si](C)(C)C)cc5)cc(OCCCOc5ccc(C(C)(C)C)cc5)c4)cc3)cc(OCCCCCCCCCCOc3ccc(CC[Si](C)(C)C)cc3)c2)cc1. The number of benzene rings is 7. The molecule has 0 spiro atoms. The molecule has 570 valence electrons. The summed E-state index contributed by atoms with van der Waals surface area (Å²) >= 11 is 0. The third-order valence-corrected chi connectivity index (χ3v) is 22.4. The maximum absolute atomic E-state index is 6.41. The van der Waals surface area contributed by atoms with Gasteiger partial charge in [-0.25, -0.2) is 0 Å². The van der Waals surface area contributed by atoms with Crippen LogP contribution in [0.4, 0.5) is 0 Å². The van der Waals surface area contributed by atoms with E-state index < -0.39 is 16.1 Å². The van der Waals surface area contributed by atoms with Crippen LogP contribution in [0.15, 0.2) is 158 Å². The van der Waals surface area contributed by atoms with Crippen molar-refractivity contribution in [1.29, 1.82) is 0 Å². The highest BCUT2D eigenvalue weighted by atomic mass is 28.3. The Morgan fingerprint density at radius 3 is 0.644 bits per heavy atom. The second-order valence-electron chi connectivity index (χ2n) is 33.1. The lowest BCUT2D eigenvalue weighted by Crippen LogP contribution is -2.19. The van der Waals surface area contributed by atoms with Crippen molar-refractivity contribution in [3.8, 4) is 57.5 Å². The zero-order valence-corrected chi connectivity index (χ0v) is 68.5. The van der Waals surface area contributed by atoms with Crippen molar-refractivity contribution in [2.24, 2.45) is 0 Å². The smallest absolute Gasteiger partial charge is 0.123 e. The summed E-state index contributed by atoms with van der Waals surface area (Å²) in [6.45, 7) is 34.4. The molecule has 0 radical (unpaired) electrons. The van der Waals surface area contributed by atoms with Gasteiger partial charge in [0.2, 0.25) is 0 Å². The molecule has 7 aromatic rings. The lowest BCUT2D eigenvalue weighted by molar-refractivity contribution is 0.245. The van der Waals surface area contributed by atoms with Crippen LogP contribution in [-0.2, 0) is 36.5 Å². The molecule has 7 aromatic carbocycles. The molecule has 0 amide bonds. The summed E-state index contributed by atoms with van der Waals surface area (Å²) in [6, 6.07) is 57.8. The fourth-order valence-electron chi connectivity index (χ4n) is 12.3. The Kier molecular flexibility index (Phi) is 37.4. The van der Waals surface area contributed by atoms with Crippen LogP contribution in [-0.4, -0.2) is 82.2 Å². The first kappa shape index (κ1) is 84.2. The summed E-state index contributed by atoms with van der Waals surface area (Å²) in [5.41, 5.74) is 7.99. The first-order valence-corrected chi connectivity index (χ1v) is 47.5. The normalized spacial score (nSPS) is 11.9. The molecule has 0 saturated heterocycles. The first-order valence-electron chi connectivity index (χ1n) is 40.1. The van der Waals surface area contributed by atoms with Crippen LogP contribution in [0.1, 0.15) is 203 Å². The Hall–Kier alpha value is -7.03. The number of aryl methyl sites for hydroxylation is 4. The van der Waals surface area contributed by atoms with Gasteiger partial charge in [0, 0.05) is 41.1 Å². The summed E-state index contributed by atoms with van der Waals surface area (Å²) in [5, 5.41) is 0. The zero-order valence-electron chi connectivity index (χ0n) is 66.5. The molecule has 0 atom stereocenters. The van der Waals surface area contributed by atoms with Crippen LogP contribution in [0.5, 0.6) is 57.5 Å². The fourth-order valence-corrected chi connectivity index (χ4v) is 14.3. The molecule has 0 N–H and O–H groups in total. The number of rotatable bonds is 54. The average molecular weight is 1460 g/mol. The van der Waals surface area contributed by atoms with Gasteiger partial charge in [0.1, 0.15) is 57.5 Å². The van der Waals surface area contributed by atoms with Crippen molar-refractivity contribution < 1.29 is 47.4 Å². The van der Waals surface area contributed by atoms with Crippen LogP contribution < -0.4 is 47.4 Å². The Morgan fingerprint density at radius 1 is 0.202 bits per heavy atom. The largest absolute Gasteiger partial charge is 0.494 e. The minimum atomic E-state index is -1.03. The fraction of sp³-hybridized carbons (Fsp3) is 0.543. The van der Waals surface area contributed by atoms with Gasteiger partial charge >= 0.3 is 0 Å². The van der Waals surface area contributed by atoms with E-state index in [1.54, 1.807) is 0 Å². The van der Waals surface area contributed by atoms with Crippen LogP contribution in [0.2, 0.25) is 51.4 Å². The molecule has 7 rings (SSSR count). The van der Waals surface area contributed by atoms with Crippen LogP contribution in [0, 0.1) is 0 Å². The number of hydrogen-bond donors (Lipinski definition) is 0. The number of unbranched alkanes of at least 4 members (excludes halogenated alkanes) is 14. The van der Waals surface area contributed by atoms with Gasteiger partial charge in [-0.1, -0.05) is 218 Å². The summed E-state index contributed by atoms with van der Waals surface area (Å²) in [7, 11) is -2.05. The predicted molar refractivity (Wildman–Crippen MR) is 441 cm³/mol. The molecular weight excluding hydrogens is 1320 g/mol. The average Bonchev–Trinajstić information content (AvgIpc) is 0.874. The van der Waals surface area contributed by atoms with Crippen LogP contribution in [0.3, 0.4) is 0 Å². The highest BCUT2D eigenvalue weighted by molar-refractivity contribution is 6.76. The Labute approximate surface area is 632 Å². The third kappa shape index (κ3) is 36.8. The molecule has 12 heteroatoms. The molecule has 10 nitrogen and oxygen atoms in total. The van der Waals surface area contributed by atoms with E-state index in [0.29, 0.717) is 52.9 Å². The van der Waals surface area contributed by atoms with Gasteiger partial charge in [-0.2, -0.15) is 0 Å². The van der Waals surface area contributed by atoms with Crippen molar-refractivity contribution in [2.45, 2.75) is 258 Å². The Bertz CT molecular complexity index is 3170. The summed E-state index contributed by atoms with van der Waals surface area (Å²) in [5.74, 6) is 8.76. The molecule has 0 saturated carbocycles. The molecule has 0 bridgehead atoms. The minimum absolute atomic E-state index is 0.106. The van der Waals surface area contributed by atoms with Crippen LogP contribution in [0.25, 0.3) is 0 Å². The second-order valence-corrected chi connectivity index (χ2v) is 44.4. The minimum Gasteiger partial charge on any atom is -0.494 e. The zero-order chi connectivity index (χ0) is 74.1. The van der Waals surface area contributed by atoms with Gasteiger partial charge < -0.3 is 47.4 Å². The lowest BCUT2D eigenvalue weighted by Gasteiger charge is -2.19. The van der Waals surface area contributed by atoms with Gasteiger partial charge in [0.25, 0.3) is 0 Å². The Morgan fingerprint density at radius 2 is 0.404 bits per heavy atom. The molecule has 0 aliphatic rings. The third-order valence-electron chi connectivity index (χ3n) is 18.9. The van der Waals surface area contributed by atoms with Gasteiger partial charge in [0.05, 0.1) is 66.1 Å². The predicted octanol–water partition coefficient (Wildman–Crippen LogP) is 24.9. The maximum atomic E-state index is 6.41.